The van der Waals surface area contributed by atoms with Crippen molar-refractivity contribution in [2.45, 2.75) is 31.8 Å². The van der Waals surface area contributed by atoms with Gasteiger partial charge in [0.2, 0.25) is 0 Å². The van der Waals surface area contributed by atoms with Crippen LogP contribution in [-0.2, 0) is 27.5 Å². The molecule has 0 radical (unpaired) electrons. The van der Waals surface area contributed by atoms with Crippen LogP contribution in [0.4, 0.5) is 0 Å². The molecular weight excluding hydrogens is 308 g/mol. The van der Waals surface area contributed by atoms with Gasteiger partial charge in [-0.25, -0.2) is 0 Å². The molecule has 1 aliphatic rings. The van der Waals surface area contributed by atoms with Crippen LogP contribution < -0.4 is 4.74 Å². The maximum Gasteiger partial charge on any atom is 0.309 e. The van der Waals surface area contributed by atoms with Crippen LogP contribution in [0.25, 0.3) is 0 Å². The second kappa shape index (κ2) is 7.47. The van der Waals surface area contributed by atoms with Crippen molar-refractivity contribution < 1.29 is 24.1 Å². The number of carbonyl (C=O) groups is 1. The summed E-state index contributed by atoms with van der Waals surface area (Å²) in [5.74, 6) is 0.462. The van der Waals surface area contributed by atoms with Crippen LogP contribution in [0.3, 0.4) is 0 Å². The van der Waals surface area contributed by atoms with E-state index >= 15 is 0 Å². The van der Waals surface area contributed by atoms with Crippen molar-refractivity contribution in [1.29, 1.82) is 0 Å². The smallest absolute Gasteiger partial charge is 0.309 e. The maximum absolute atomic E-state index is 11.2. The minimum atomic E-state index is -0.769. The van der Waals surface area contributed by atoms with Gasteiger partial charge in [0, 0.05) is 0 Å². The average Bonchev–Trinajstić information content (AvgIpc) is 2.94. The molecule has 24 heavy (non-hydrogen) atoms. The Morgan fingerprint density at radius 2 is 1.62 bits per heavy atom. The van der Waals surface area contributed by atoms with Gasteiger partial charge in [-0.1, -0.05) is 36.4 Å². The van der Waals surface area contributed by atoms with Gasteiger partial charge in [-0.15, -0.1) is 0 Å². The molecular formula is C19H20O5. The second-order valence-electron chi connectivity index (χ2n) is 5.76. The predicted molar refractivity (Wildman–Crippen MR) is 87.4 cm³/mol. The van der Waals surface area contributed by atoms with Crippen LogP contribution in [0.15, 0.2) is 48.5 Å². The Bertz CT molecular complexity index is 678. The molecule has 1 heterocycles. The quantitative estimate of drug-likeness (QED) is 0.826. The summed E-state index contributed by atoms with van der Waals surface area (Å²) in [5.41, 5.74) is 2.90. The number of methoxy groups -OCH3 is 1. The van der Waals surface area contributed by atoms with E-state index in [1.54, 1.807) is 7.11 Å². The van der Waals surface area contributed by atoms with Crippen LogP contribution in [-0.4, -0.2) is 24.3 Å². The number of benzene rings is 2. The van der Waals surface area contributed by atoms with Gasteiger partial charge in [0.1, 0.15) is 11.9 Å². The van der Waals surface area contributed by atoms with E-state index in [2.05, 4.69) is 0 Å². The van der Waals surface area contributed by atoms with Crippen LogP contribution in [0.5, 0.6) is 5.75 Å². The Morgan fingerprint density at radius 3 is 2.12 bits per heavy atom. The molecule has 5 nitrogen and oxygen atoms in total. The lowest BCUT2D eigenvalue weighted by Gasteiger charge is -2.14. The van der Waals surface area contributed by atoms with E-state index in [1.807, 2.05) is 48.5 Å². The highest BCUT2D eigenvalue weighted by Gasteiger charge is 2.34. The molecule has 2 atom stereocenters. The van der Waals surface area contributed by atoms with Crippen LogP contribution in [0.2, 0.25) is 0 Å². The Labute approximate surface area is 140 Å². The number of rotatable bonds is 6. The standard InChI is InChI=1S/C19H20O5/c1-22-16-8-4-14(5-9-16)12-23-11-13-2-6-15(7-3-13)19-17(20)10-18(21)24-19/h2-9,17,19-20H,10-12H2,1H3/t17-,19-/m1/s1. The number of aliphatic hydroxyl groups is 1. The Hall–Kier alpha value is -2.37. The highest BCUT2D eigenvalue weighted by atomic mass is 16.6. The summed E-state index contributed by atoms with van der Waals surface area (Å²) in [5, 5.41) is 9.81. The lowest BCUT2D eigenvalue weighted by Crippen LogP contribution is -2.12. The van der Waals surface area contributed by atoms with Crippen molar-refractivity contribution >= 4 is 5.97 Å². The molecule has 1 fully saturated rings. The number of hydrogen-bond acceptors (Lipinski definition) is 5. The van der Waals surface area contributed by atoms with Gasteiger partial charge in [0.15, 0.2) is 6.10 Å². The van der Waals surface area contributed by atoms with Gasteiger partial charge < -0.3 is 19.3 Å². The van der Waals surface area contributed by atoms with Crippen molar-refractivity contribution in [3.05, 3.63) is 65.2 Å². The highest BCUT2D eigenvalue weighted by Crippen LogP contribution is 2.30. The molecule has 1 saturated heterocycles. The van der Waals surface area contributed by atoms with Crippen molar-refractivity contribution in [3.8, 4) is 5.75 Å². The van der Waals surface area contributed by atoms with Gasteiger partial charge in [-0.05, 0) is 28.8 Å². The van der Waals surface area contributed by atoms with E-state index in [-0.39, 0.29) is 12.4 Å². The summed E-state index contributed by atoms with van der Waals surface area (Å²) in [4.78, 5) is 11.2. The minimum Gasteiger partial charge on any atom is -0.497 e. The molecule has 1 N–H and O–H groups in total. The topological polar surface area (TPSA) is 65.0 Å². The van der Waals surface area contributed by atoms with Gasteiger partial charge in [0.05, 0.1) is 26.7 Å². The zero-order valence-electron chi connectivity index (χ0n) is 13.5. The maximum atomic E-state index is 11.2. The second-order valence-corrected chi connectivity index (χ2v) is 5.76. The SMILES string of the molecule is COc1ccc(COCc2ccc([C@H]3OC(=O)C[C@H]3O)cc2)cc1. The highest BCUT2D eigenvalue weighted by molar-refractivity contribution is 5.72. The van der Waals surface area contributed by atoms with Crippen LogP contribution in [0.1, 0.15) is 29.2 Å². The van der Waals surface area contributed by atoms with E-state index in [1.165, 1.54) is 0 Å². The molecule has 3 rings (SSSR count). The van der Waals surface area contributed by atoms with Gasteiger partial charge in [0.25, 0.3) is 0 Å². The van der Waals surface area contributed by atoms with Crippen molar-refractivity contribution in [2.24, 2.45) is 0 Å². The van der Waals surface area contributed by atoms with E-state index in [9.17, 15) is 9.90 Å². The molecule has 0 amide bonds. The molecule has 0 unspecified atom stereocenters. The van der Waals surface area contributed by atoms with Crippen molar-refractivity contribution in [3.63, 3.8) is 0 Å². The number of cyclic esters (lactones) is 1. The summed E-state index contributed by atoms with van der Waals surface area (Å²) in [6.07, 6.45) is -1.28. The molecule has 0 bridgehead atoms. The third-order valence-electron chi connectivity index (χ3n) is 3.99. The third-order valence-corrected chi connectivity index (χ3v) is 3.99. The zero-order chi connectivity index (χ0) is 16.9. The summed E-state index contributed by atoms with van der Waals surface area (Å²) in [7, 11) is 1.64. The Balaban J connectivity index is 1.51. The van der Waals surface area contributed by atoms with Gasteiger partial charge >= 0.3 is 5.97 Å². The van der Waals surface area contributed by atoms with Gasteiger partial charge in [-0.3, -0.25) is 4.79 Å². The number of esters is 1. The first-order chi connectivity index (χ1) is 11.7. The van der Waals surface area contributed by atoms with E-state index in [0.717, 1.165) is 22.4 Å². The zero-order valence-corrected chi connectivity index (χ0v) is 13.5. The van der Waals surface area contributed by atoms with Crippen LogP contribution in [0, 0.1) is 0 Å². The molecule has 0 saturated carbocycles. The molecule has 126 valence electrons. The molecule has 1 aliphatic heterocycles. The van der Waals surface area contributed by atoms with Crippen molar-refractivity contribution in [2.75, 3.05) is 7.11 Å². The molecule has 2 aromatic rings. The Kier molecular flexibility index (Phi) is 5.13. The number of aliphatic hydroxyl groups excluding tert-OH is 1. The first kappa shape index (κ1) is 16.5. The molecule has 0 aliphatic carbocycles. The molecule has 2 aromatic carbocycles. The lowest BCUT2D eigenvalue weighted by atomic mass is 10.0. The fraction of sp³-hybridized carbons (Fsp3) is 0.316. The first-order valence-electron chi connectivity index (χ1n) is 7.83. The predicted octanol–water partition coefficient (Wildman–Crippen LogP) is 2.76. The molecule has 5 heteroatoms. The largest absolute Gasteiger partial charge is 0.497 e. The third kappa shape index (κ3) is 3.93. The fourth-order valence-corrected chi connectivity index (χ4v) is 2.65. The van der Waals surface area contributed by atoms with Gasteiger partial charge in [-0.2, -0.15) is 0 Å². The normalized spacial score (nSPS) is 20.0. The average molecular weight is 328 g/mol. The number of ether oxygens (including phenoxy) is 3. The minimum absolute atomic E-state index is 0.0530. The van der Waals surface area contributed by atoms with Crippen LogP contribution >= 0.6 is 0 Å². The summed E-state index contributed by atoms with van der Waals surface area (Å²) in [6.45, 7) is 1.00. The summed E-state index contributed by atoms with van der Waals surface area (Å²) < 4.78 is 16.0. The lowest BCUT2D eigenvalue weighted by molar-refractivity contribution is -0.142. The van der Waals surface area contributed by atoms with E-state index in [0.29, 0.717) is 13.2 Å². The van der Waals surface area contributed by atoms with E-state index < -0.39 is 12.2 Å². The number of carbonyl (C=O) groups excluding carboxylic acids is 1. The molecule has 0 spiro atoms. The monoisotopic (exact) mass is 328 g/mol. The Morgan fingerprint density at radius 1 is 1.04 bits per heavy atom. The summed E-state index contributed by atoms with van der Waals surface area (Å²) in [6, 6.07) is 15.3. The van der Waals surface area contributed by atoms with Crippen molar-refractivity contribution in [1.82, 2.24) is 0 Å². The summed E-state index contributed by atoms with van der Waals surface area (Å²) >= 11 is 0. The fourth-order valence-electron chi connectivity index (χ4n) is 2.65. The van der Waals surface area contributed by atoms with E-state index in [4.69, 9.17) is 14.2 Å². The first-order valence-corrected chi connectivity index (χ1v) is 7.83. The molecule has 0 aromatic heterocycles. The number of hydrogen-bond donors (Lipinski definition) is 1.